The highest BCUT2D eigenvalue weighted by Gasteiger charge is 2.33. The molecule has 2 heteroatoms. The van der Waals surface area contributed by atoms with E-state index in [0.717, 1.165) is 12.0 Å². The number of piperazine rings is 1. The molecule has 1 saturated carbocycles. The quantitative estimate of drug-likeness (QED) is 0.755. The molecular weight excluding hydrogens is 208 g/mol. The number of nitrogens with one attached hydrogen (secondary N) is 1. The second-order valence-electron chi connectivity index (χ2n) is 7.28. The van der Waals surface area contributed by atoms with Gasteiger partial charge in [-0.2, -0.15) is 0 Å². The van der Waals surface area contributed by atoms with Gasteiger partial charge in [0, 0.05) is 31.7 Å². The van der Waals surface area contributed by atoms with Crippen LogP contribution in [0, 0.1) is 11.3 Å². The van der Waals surface area contributed by atoms with Crippen molar-refractivity contribution in [2.45, 2.75) is 65.5 Å². The number of hydrogen-bond acceptors (Lipinski definition) is 2. The van der Waals surface area contributed by atoms with Crippen LogP contribution in [0.15, 0.2) is 0 Å². The van der Waals surface area contributed by atoms with Gasteiger partial charge in [0.1, 0.15) is 0 Å². The molecule has 0 radical (unpaired) electrons. The molecule has 2 rings (SSSR count). The predicted octanol–water partition coefficient (Wildman–Crippen LogP) is 2.89. The lowest BCUT2D eigenvalue weighted by Gasteiger charge is -2.45. The van der Waals surface area contributed by atoms with E-state index in [2.05, 4.69) is 37.9 Å². The summed E-state index contributed by atoms with van der Waals surface area (Å²) in [5, 5.41) is 3.70. The zero-order valence-electron chi connectivity index (χ0n) is 12.1. The Kier molecular flexibility index (Phi) is 4.14. The smallest absolute Gasteiger partial charge is 0.0244 e. The largest absolute Gasteiger partial charge is 0.311 e. The Bertz CT molecular complexity index is 236. The van der Waals surface area contributed by atoms with Crippen LogP contribution < -0.4 is 5.32 Å². The lowest BCUT2D eigenvalue weighted by Crippen LogP contribution is -2.58. The zero-order valence-corrected chi connectivity index (χ0v) is 12.1. The molecule has 0 spiro atoms. The van der Waals surface area contributed by atoms with Gasteiger partial charge in [-0.15, -0.1) is 0 Å². The fourth-order valence-corrected chi connectivity index (χ4v) is 3.29. The SMILES string of the molecule is CC1CCC(N2CCNC(C(C)(C)C)C2)CC1. The third kappa shape index (κ3) is 3.45. The third-order valence-electron chi connectivity index (χ3n) is 4.75. The van der Waals surface area contributed by atoms with E-state index in [1.165, 1.54) is 45.3 Å². The maximum absolute atomic E-state index is 3.70. The maximum atomic E-state index is 3.70. The van der Waals surface area contributed by atoms with Crippen LogP contribution in [0.5, 0.6) is 0 Å². The summed E-state index contributed by atoms with van der Waals surface area (Å²) in [6.45, 7) is 13.2. The number of nitrogens with zero attached hydrogens (tertiary/aromatic N) is 1. The molecule has 100 valence electrons. The Hall–Kier alpha value is -0.0800. The summed E-state index contributed by atoms with van der Waals surface area (Å²) in [6.07, 6.45) is 5.74. The first-order valence-electron chi connectivity index (χ1n) is 7.44. The van der Waals surface area contributed by atoms with Crippen LogP contribution in [0.4, 0.5) is 0 Å². The van der Waals surface area contributed by atoms with Gasteiger partial charge in [0.2, 0.25) is 0 Å². The molecule has 2 fully saturated rings. The van der Waals surface area contributed by atoms with Crippen molar-refractivity contribution >= 4 is 0 Å². The Morgan fingerprint density at radius 1 is 1.06 bits per heavy atom. The summed E-state index contributed by atoms with van der Waals surface area (Å²) in [7, 11) is 0. The third-order valence-corrected chi connectivity index (χ3v) is 4.75. The summed E-state index contributed by atoms with van der Waals surface area (Å²) in [5.74, 6) is 0.965. The molecule has 1 N–H and O–H groups in total. The van der Waals surface area contributed by atoms with Crippen LogP contribution in [-0.2, 0) is 0 Å². The minimum Gasteiger partial charge on any atom is -0.311 e. The maximum Gasteiger partial charge on any atom is 0.0244 e. The fraction of sp³-hybridized carbons (Fsp3) is 1.00. The van der Waals surface area contributed by atoms with E-state index in [9.17, 15) is 0 Å². The first kappa shape index (κ1) is 13.4. The van der Waals surface area contributed by atoms with Crippen molar-refractivity contribution < 1.29 is 0 Å². The average Bonchev–Trinajstić information content (AvgIpc) is 2.29. The summed E-state index contributed by atoms with van der Waals surface area (Å²) >= 11 is 0. The first-order chi connectivity index (χ1) is 7.97. The molecule has 0 bridgehead atoms. The Balaban J connectivity index is 1.89. The van der Waals surface area contributed by atoms with Crippen LogP contribution in [0.2, 0.25) is 0 Å². The molecule has 1 unspecified atom stereocenters. The van der Waals surface area contributed by atoms with Gasteiger partial charge in [-0.05, 0) is 37.0 Å². The fourth-order valence-electron chi connectivity index (χ4n) is 3.29. The van der Waals surface area contributed by atoms with Gasteiger partial charge in [0.15, 0.2) is 0 Å². The van der Waals surface area contributed by atoms with Gasteiger partial charge in [0.05, 0.1) is 0 Å². The van der Waals surface area contributed by atoms with E-state index in [1.807, 2.05) is 0 Å². The van der Waals surface area contributed by atoms with Crippen LogP contribution in [0.1, 0.15) is 53.4 Å². The van der Waals surface area contributed by atoms with Crippen LogP contribution >= 0.6 is 0 Å². The lowest BCUT2D eigenvalue weighted by molar-refractivity contribution is 0.0734. The minimum atomic E-state index is 0.390. The van der Waals surface area contributed by atoms with Gasteiger partial charge in [-0.25, -0.2) is 0 Å². The summed E-state index contributed by atoms with van der Waals surface area (Å²) in [5.41, 5.74) is 0.390. The summed E-state index contributed by atoms with van der Waals surface area (Å²) < 4.78 is 0. The standard InChI is InChI=1S/C15H30N2/c1-12-5-7-13(8-6-12)17-10-9-16-14(11-17)15(2,3)4/h12-14,16H,5-11H2,1-4H3. The van der Waals surface area contributed by atoms with E-state index in [1.54, 1.807) is 0 Å². The highest BCUT2D eigenvalue weighted by molar-refractivity contribution is 4.90. The molecule has 0 aromatic rings. The van der Waals surface area contributed by atoms with E-state index in [0.29, 0.717) is 11.5 Å². The van der Waals surface area contributed by atoms with Crippen molar-refractivity contribution in [2.24, 2.45) is 11.3 Å². The number of hydrogen-bond donors (Lipinski definition) is 1. The van der Waals surface area contributed by atoms with E-state index >= 15 is 0 Å². The molecule has 1 heterocycles. The molecular formula is C15H30N2. The molecule has 0 aromatic heterocycles. The monoisotopic (exact) mass is 238 g/mol. The predicted molar refractivity (Wildman–Crippen MR) is 74.2 cm³/mol. The van der Waals surface area contributed by atoms with Crippen molar-refractivity contribution in [3.05, 3.63) is 0 Å². The normalized spacial score (nSPS) is 37.1. The van der Waals surface area contributed by atoms with Crippen molar-refractivity contribution in [3.8, 4) is 0 Å². The van der Waals surface area contributed by atoms with E-state index in [4.69, 9.17) is 0 Å². The first-order valence-corrected chi connectivity index (χ1v) is 7.44. The van der Waals surface area contributed by atoms with E-state index < -0.39 is 0 Å². The van der Waals surface area contributed by atoms with Gasteiger partial charge in [-0.1, -0.05) is 27.7 Å². The van der Waals surface area contributed by atoms with Crippen LogP contribution in [0.25, 0.3) is 0 Å². The Morgan fingerprint density at radius 2 is 1.71 bits per heavy atom. The molecule has 1 aliphatic carbocycles. The van der Waals surface area contributed by atoms with Gasteiger partial charge in [-0.3, -0.25) is 4.90 Å². The Labute approximate surface area is 107 Å². The second-order valence-corrected chi connectivity index (χ2v) is 7.28. The van der Waals surface area contributed by atoms with E-state index in [-0.39, 0.29) is 0 Å². The van der Waals surface area contributed by atoms with Gasteiger partial charge >= 0.3 is 0 Å². The highest BCUT2D eigenvalue weighted by atomic mass is 15.2. The molecule has 2 nitrogen and oxygen atoms in total. The van der Waals surface area contributed by atoms with Gasteiger partial charge < -0.3 is 5.32 Å². The van der Waals surface area contributed by atoms with Gasteiger partial charge in [0.25, 0.3) is 0 Å². The minimum absolute atomic E-state index is 0.390. The van der Waals surface area contributed by atoms with Crippen molar-refractivity contribution in [1.29, 1.82) is 0 Å². The highest BCUT2D eigenvalue weighted by Crippen LogP contribution is 2.29. The molecule has 2 aliphatic rings. The summed E-state index contributed by atoms with van der Waals surface area (Å²) in [6, 6.07) is 1.54. The number of rotatable bonds is 1. The molecule has 1 atom stereocenters. The van der Waals surface area contributed by atoms with Crippen molar-refractivity contribution in [3.63, 3.8) is 0 Å². The average molecular weight is 238 g/mol. The molecule has 0 aromatic carbocycles. The molecule has 17 heavy (non-hydrogen) atoms. The lowest BCUT2D eigenvalue weighted by atomic mass is 9.83. The van der Waals surface area contributed by atoms with Crippen LogP contribution in [0.3, 0.4) is 0 Å². The van der Waals surface area contributed by atoms with Crippen molar-refractivity contribution in [2.75, 3.05) is 19.6 Å². The molecule has 0 amide bonds. The second kappa shape index (κ2) is 5.27. The molecule has 1 aliphatic heterocycles. The topological polar surface area (TPSA) is 15.3 Å². The van der Waals surface area contributed by atoms with Crippen LogP contribution in [-0.4, -0.2) is 36.6 Å². The zero-order chi connectivity index (χ0) is 12.5. The summed E-state index contributed by atoms with van der Waals surface area (Å²) in [4.78, 5) is 2.76. The van der Waals surface area contributed by atoms with Crippen molar-refractivity contribution in [1.82, 2.24) is 10.2 Å². The molecule has 1 saturated heterocycles. The Morgan fingerprint density at radius 3 is 2.29 bits per heavy atom.